The van der Waals surface area contributed by atoms with E-state index < -0.39 is 17.4 Å². The van der Waals surface area contributed by atoms with Crippen LogP contribution in [0.15, 0.2) is 63.8 Å². The highest BCUT2D eigenvalue weighted by Gasteiger charge is 2.14. The van der Waals surface area contributed by atoms with E-state index in [4.69, 9.17) is 14.9 Å². The van der Waals surface area contributed by atoms with Crippen LogP contribution in [0.1, 0.15) is 25.7 Å². The van der Waals surface area contributed by atoms with Crippen molar-refractivity contribution in [2.75, 3.05) is 0 Å². The summed E-state index contributed by atoms with van der Waals surface area (Å²) in [5.41, 5.74) is 0.743. The summed E-state index contributed by atoms with van der Waals surface area (Å²) in [7, 11) is 0. The quantitative estimate of drug-likeness (QED) is 0.311. The highest BCUT2D eigenvalue weighted by Crippen LogP contribution is 2.29. The first-order valence-corrected chi connectivity index (χ1v) is 8.96. The molecule has 0 saturated carbocycles. The Morgan fingerprint density at radius 1 is 0.833 bits per heavy atom. The van der Waals surface area contributed by atoms with E-state index in [0.717, 1.165) is 0 Å². The second-order valence-corrected chi connectivity index (χ2v) is 6.10. The molecule has 0 saturated heterocycles. The smallest absolute Gasteiger partial charge is 0.342 e. The van der Waals surface area contributed by atoms with Crippen molar-refractivity contribution < 1.29 is 39.4 Å². The number of rotatable bonds is 6. The van der Waals surface area contributed by atoms with Crippen molar-refractivity contribution in [3.63, 3.8) is 0 Å². The summed E-state index contributed by atoms with van der Waals surface area (Å²) in [6.07, 6.45) is 0.868. The Bertz CT molecular complexity index is 1020. The van der Waals surface area contributed by atoms with Gasteiger partial charge in [-0.05, 0) is 25.0 Å². The van der Waals surface area contributed by atoms with Crippen LogP contribution in [0, 0.1) is 0 Å². The molecule has 0 atom stereocenters. The number of fused-ring (bicyclic) bond motifs is 1. The topological polar surface area (TPSA) is 144 Å². The zero-order valence-electron chi connectivity index (χ0n) is 15.8. The van der Waals surface area contributed by atoms with E-state index in [-0.39, 0.29) is 24.4 Å². The zero-order chi connectivity index (χ0) is 21.9. The van der Waals surface area contributed by atoms with E-state index in [9.17, 15) is 19.5 Å². The number of carbonyl (C=O) groups is 2. The van der Waals surface area contributed by atoms with E-state index in [1.807, 2.05) is 18.2 Å². The summed E-state index contributed by atoms with van der Waals surface area (Å²) in [6, 6.07) is 15.9. The van der Waals surface area contributed by atoms with Gasteiger partial charge in [-0.3, -0.25) is 4.79 Å². The molecule has 1 heterocycles. The van der Waals surface area contributed by atoms with Crippen molar-refractivity contribution in [2.24, 2.45) is 0 Å². The van der Waals surface area contributed by atoms with Crippen LogP contribution >= 0.6 is 0 Å². The van der Waals surface area contributed by atoms with Gasteiger partial charge in [0.1, 0.15) is 5.58 Å². The van der Waals surface area contributed by atoms with Gasteiger partial charge in [0.15, 0.2) is 5.76 Å². The van der Waals surface area contributed by atoms with Crippen molar-refractivity contribution in [3.8, 4) is 17.1 Å². The number of para-hydroxylation sites is 1. The lowest BCUT2D eigenvalue weighted by Gasteiger charge is -2.05. The minimum atomic E-state index is -0.743. The van der Waals surface area contributed by atoms with Crippen LogP contribution in [0.25, 0.3) is 22.3 Å². The number of unbranched alkanes of at least 4 members (excludes halogenated alkanes) is 1. The van der Waals surface area contributed by atoms with E-state index in [0.29, 0.717) is 29.4 Å². The maximum Gasteiger partial charge on any atom is 0.342 e. The van der Waals surface area contributed by atoms with Crippen molar-refractivity contribution in [3.05, 3.63) is 64.8 Å². The predicted octanol–water partition coefficient (Wildman–Crippen LogP) is 3.74. The summed E-state index contributed by atoms with van der Waals surface area (Å²) in [5, 5.41) is 25.9. The van der Waals surface area contributed by atoms with Gasteiger partial charge in [0.25, 0.3) is 0 Å². The minimum Gasteiger partial charge on any atom is -0.502 e. The molecule has 0 radical (unpaired) electrons. The van der Waals surface area contributed by atoms with Crippen LogP contribution in [-0.4, -0.2) is 27.6 Å². The maximum absolute atomic E-state index is 12.0. The Morgan fingerprint density at radius 2 is 1.37 bits per heavy atom. The zero-order valence-corrected chi connectivity index (χ0v) is 15.8. The van der Waals surface area contributed by atoms with Gasteiger partial charge in [0.2, 0.25) is 11.2 Å². The Hall–Kier alpha value is -3.69. The van der Waals surface area contributed by atoms with Gasteiger partial charge >= 0.3 is 11.9 Å². The number of carbonyl (C=O) groups excluding carboxylic acids is 2. The third-order valence-electron chi connectivity index (χ3n) is 4.03. The van der Waals surface area contributed by atoms with E-state index in [2.05, 4.69) is 9.78 Å². The van der Waals surface area contributed by atoms with Crippen LogP contribution in [0.3, 0.4) is 0 Å². The highest BCUT2D eigenvalue weighted by atomic mass is 17.1. The largest absolute Gasteiger partial charge is 0.502 e. The van der Waals surface area contributed by atoms with Gasteiger partial charge in [-0.1, -0.05) is 42.5 Å². The number of benzene rings is 2. The van der Waals surface area contributed by atoms with E-state index in [1.165, 1.54) is 0 Å². The molecule has 0 bridgehead atoms. The minimum absolute atomic E-state index is 0.0369. The number of hydrogen-bond acceptors (Lipinski definition) is 9. The van der Waals surface area contributed by atoms with Gasteiger partial charge in [-0.2, -0.15) is 10.5 Å². The van der Waals surface area contributed by atoms with Crippen molar-refractivity contribution in [1.82, 2.24) is 0 Å². The molecule has 0 amide bonds. The van der Waals surface area contributed by atoms with Gasteiger partial charge in [-0.25, -0.2) is 9.59 Å². The van der Waals surface area contributed by atoms with Crippen LogP contribution in [0.4, 0.5) is 0 Å². The molecule has 2 aromatic carbocycles. The van der Waals surface area contributed by atoms with Gasteiger partial charge in [0.05, 0.1) is 5.39 Å². The first-order valence-electron chi connectivity index (χ1n) is 8.96. The van der Waals surface area contributed by atoms with Gasteiger partial charge < -0.3 is 19.3 Å². The molecule has 30 heavy (non-hydrogen) atoms. The van der Waals surface area contributed by atoms with Crippen molar-refractivity contribution in [2.45, 2.75) is 25.7 Å². The third kappa shape index (κ3) is 6.16. The molecule has 3 N–H and O–H groups in total. The Morgan fingerprint density at radius 3 is 1.93 bits per heavy atom. The summed E-state index contributed by atoms with van der Waals surface area (Å²) in [6.45, 7) is 0. The second-order valence-electron chi connectivity index (χ2n) is 6.10. The number of aromatic hydroxyl groups is 1. The van der Waals surface area contributed by atoms with Gasteiger partial charge in [-0.15, -0.1) is 0 Å². The maximum atomic E-state index is 12.0. The second kappa shape index (κ2) is 11.3. The molecule has 3 aromatic rings. The third-order valence-corrected chi connectivity index (χ3v) is 4.03. The van der Waals surface area contributed by atoms with E-state index in [1.54, 1.807) is 36.4 Å². The average Bonchev–Trinajstić information content (AvgIpc) is 2.79. The van der Waals surface area contributed by atoms with Gasteiger partial charge in [0, 0.05) is 18.4 Å². The molecule has 0 aliphatic heterocycles. The fourth-order valence-electron chi connectivity index (χ4n) is 2.55. The van der Waals surface area contributed by atoms with Crippen LogP contribution < -0.4 is 5.43 Å². The SMILES string of the molecule is O=C(CCCCC(=O)OO)OO.O=c1c(O)c(-c2ccccc2)oc2ccccc12. The Kier molecular flexibility index (Phi) is 8.55. The van der Waals surface area contributed by atoms with E-state index >= 15 is 0 Å². The fraction of sp³-hybridized carbons (Fsp3) is 0.190. The summed E-state index contributed by atoms with van der Waals surface area (Å²) in [4.78, 5) is 39.3. The molecular weight excluding hydrogens is 396 g/mol. The normalized spacial score (nSPS) is 10.1. The van der Waals surface area contributed by atoms with Crippen LogP contribution in [-0.2, 0) is 19.4 Å². The predicted molar refractivity (Wildman–Crippen MR) is 105 cm³/mol. The average molecular weight is 416 g/mol. The van der Waals surface area contributed by atoms with Crippen LogP contribution in [0.5, 0.6) is 5.75 Å². The van der Waals surface area contributed by atoms with Crippen molar-refractivity contribution >= 4 is 22.9 Å². The monoisotopic (exact) mass is 416 g/mol. The molecule has 3 rings (SSSR count). The molecule has 0 aliphatic rings. The summed E-state index contributed by atoms with van der Waals surface area (Å²) < 4.78 is 5.61. The first-order chi connectivity index (χ1) is 14.5. The number of hydrogen-bond donors (Lipinski definition) is 3. The molecular formula is C21H20O9. The molecule has 0 fully saturated rings. The molecule has 9 nitrogen and oxygen atoms in total. The first kappa shape index (κ1) is 22.6. The summed E-state index contributed by atoms with van der Waals surface area (Å²) >= 11 is 0. The highest BCUT2D eigenvalue weighted by molar-refractivity contribution is 5.81. The molecule has 158 valence electrons. The Balaban J connectivity index is 0.000000235. The van der Waals surface area contributed by atoms with Crippen LogP contribution in [0.2, 0.25) is 0 Å². The van der Waals surface area contributed by atoms with Crippen molar-refractivity contribution in [1.29, 1.82) is 0 Å². The summed E-state index contributed by atoms with van der Waals surface area (Å²) in [5.74, 6) is -1.63. The molecule has 0 unspecified atom stereocenters. The molecule has 0 aliphatic carbocycles. The Labute approximate surface area is 170 Å². The lowest BCUT2D eigenvalue weighted by Crippen LogP contribution is -2.03. The lowest BCUT2D eigenvalue weighted by molar-refractivity contribution is -0.235. The molecule has 0 spiro atoms. The standard InChI is InChI=1S/C15H10O3.C6H10O6/c16-13-11-8-4-5-9-12(11)18-15(14(13)17)10-6-2-1-3-7-10;7-5(11-9)3-1-2-4-6(8)12-10/h1-9,17H;9-10H,1-4H2. The molecule has 9 heteroatoms. The lowest BCUT2D eigenvalue weighted by atomic mass is 10.1. The molecule has 1 aromatic heterocycles. The fourth-order valence-corrected chi connectivity index (χ4v) is 2.55.